The number of rotatable bonds is 7. The fourth-order valence-electron chi connectivity index (χ4n) is 5.01. The van der Waals surface area contributed by atoms with Crippen molar-refractivity contribution in [1.82, 2.24) is 10.2 Å². The third-order valence-electron chi connectivity index (χ3n) is 6.63. The number of nitrogens with zero attached hydrogens (tertiary/aromatic N) is 2. The Morgan fingerprint density at radius 1 is 1.29 bits per heavy atom. The van der Waals surface area contributed by atoms with Crippen molar-refractivity contribution < 1.29 is 9.47 Å². The van der Waals surface area contributed by atoms with Gasteiger partial charge in [0.15, 0.2) is 17.5 Å². The number of hydrogen-bond donors (Lipinski definition) is 2. The summed E-state index contributed by atoms with van der Waals surface area (Å²) < 4.78 is 11.0. The second-order valence-corrected chi connectivity index (χ2v) is 8.21. The van der Waals surface area contributed by atoms with Crippen molar-refractivity contribution in [2.24, 2.45) is 10.7 Å². The molecular formula is C22H36N4O2. The second-order valence-electron chi connectivity index (χ2n) is 8.21. The molecule has 28 heavy (non-hydrogen) atoms. The topological polar surface area (TPSA) is 72.1 Å². The lowest BCUT2D eigenvalue weighted by atomic mass is 9.65. The Bertz CT molecular complexity index is 693. The molecule has 0 spiro atoms. The van der Waals surface area contributed by atoms with Crippen LogP contribution in [0.15, 0.2) is 23.2 Å². The summed E-state index contributed by atoms with van der Waals surface area (Å²) in [7, 11) is 5.64. The lowest BCUT2D eigenvalue weighted by molar-refractivity contribution is 0.161. The summed E-state index contributed by atoms with van der Waals surface area (Å²) in [4.78, 5) is 6.98. The van der Waals surface area contributed by atoms with Gasteiger partial charge in [-0.15, -0.1) is 0 Å². The molecule has 2 fully saturated rings. The first-order valence-corrected chi connectivity index (χ1v) is 10.5. The van der Waals surface area contributed by atoms with Crippen molar-refractivity contribution in [1.29, 1.82) is 0 Å². The van der Waals surface area contributed by atoms with Crippen LogP contribution in [0.4, 0.5) is 0 Å². The lowest BCUT2D eigenvalue weighted by Gasteiger charge is -2.45. The number of likely N-dealkylation sites (N-methyl/N-ethyl adjacent to an activating group) is 1. The molecule has 1 aromatic carbocycles. The molecule has 1 heterocycles. The Morgan fingerprint density at radius 3 is 2.79 bits per heavy atom. The number of ether oxygens (including phenoxy) is 2. The fourth-order valence-corrected chi connectivity index (χ4v) is 5.01. The number of methoxy groups -OCH3 is 2. The first kappa shape index (κ1) is 20.8. The molecule has 0 radical (unpaired) electrons. The summed E-state index contributed by atoms with van der Waals surface area (Å²) in [6.07, 6.45) is 6.72. The van der Waals surface area contributed by atoms with Gasteiger partial charge in [0, 0.05) is 24.0 Å². The van der Waals surface area contributed by atoms with Crippen LogP contribution in [0.1, 0.15) is 51.0 Å². The zero-order valence-electron chi connectivity index (χ0n) is 17.8. The van der Waals surface area contributed by atoms with Gasteiger partial charge in [0.2, 0.25) is 0 Å². The van der Waals surface area contributed by atoms with E-state index in [0.717, 1.165) is 56.7 Å². The smallest absolute Gasteiger partial charge is 0.188 e. The standard InChI is InChI=1S/C22H36N4O2/c1-5-6-12-24-21(23)25-17-9-10-22(11-13-26(2)20(22)15-17)16-7-8-18(27-3)19(14-16)28-4/h7-8,14,17,20H,5-6,9-13,15H2,1-4H3,(H3,23,24,25). The summed E-state index contributed by atoms with van der Waals surface area (Å²) in [5, 5.41) is 3.48. The highest BCUT2D eigenvalue weighted by molar-refractivity contribution is 5.78. The molecule has 1 aromatic rings. The van der Waals surface area contributed by atoms with Gasteiger partial charge >= 0.3 is 0 Å². The highest BCUT2D eigenvalue weighted by Crippen LogP contribution is 2.49. The lowest BCUT2D eigenvalue weighted by Crippen LogP contribution is -2.52. The minimum Gasteiger partial charge on any atom is -0.493 e. The summed E-state index contributed by atoms with van der Waals surface area (Å²) >= 11 is 0. The van der Waals surface area contributed by atoms with Gasteiger partial charge in [-0.1, -0.05) is 19.4 Å². The molecule has 0 aromatic heterocycles. The van der Waals surface area contributed by atoms with Gasteiger partial charge in [0.25, 0.3) is 0 Å². The number of unbranched alkanes of at least 4 members (excludes halogenated alkanes) is 1. The molecule has 3 N–H and O–H groups in total. The van der Waals surface area contributed by atoms with E-state index in [4.69, 9.17) is 15.2 Å². The maximum atomic E-state index is 6.13. The molecule has 3 unspecified atom stereocenters. The summed E-state index contributed by atoms with van der Waals surface area (Å²) in [6, 6.07) is 7.31. The van der Waals surface area contributed by atoms with Crippen molar-refractivity contribution in [2.75, 3.05) is 34.4 Å². The first-order valence-electron chi connectivity index (χ1n) is 10.5. The molecule has 6 nitrogen and oxygen atoms in total. The Kier molecular flexibility index (Phi) is 6.70. The molecular weight excluding hydrogens is 352 g/mol. The number of aliphatic imine (C=N–C) groups is 1. The van der Waals surface area contributed by atoms with Gasteiger partial charge in [-0.2, -0.15) is 0 Å². The number of nitrogens with one attached hydrogen (secondary N) is 1. The molecule has 3 atom stereocenters. The van der Waals surface area contributed by atoms with Gasteiger partial charge in [-0.25, -0.2) is 0 Å². The molecule has 0 bridgehead atoms. The van der Waals surface area contributed by atoms with Crippen molar-refractivity contribution >= 4 is 5.96 Å². The third-order valence-corrected chi connectivity index (χ3v) is 6.63. The van der Waals surface area contributed by atoms with Crippen molar-refractivity contribution in [2.45, 2.75) is 62.9 Å². The van der Waals surface area contributed by atoms with Crippen LogP contribution in [-0.2, 0) is 5.41 Å². The zero-order valence-corrected chi connectivity index (χ0v) is 17.8. The molecule has 6 heteroatoms. The molecule has 156 valence electrons. The molecule has 0 amide bonds. The molecule has 2 aliphatic rings. The van der Waals surface area contributed by atoms with Crippen molar-refractivity contribution in [3.05, 3.63) is 23.8 Å². The number of guanidine groups is 1. The Balaban J connectivity index is 1.77. The number of nitrogens with two attached hydrogens (primary N) is 1. The Labute approximate surface area is 169 Å². The van der Waals surface area contributed by atoms with Crippen molar-refractivity contribution in [3.8, 4) is 11.5 Å². The first-order chi connectivity index (χ1) is 13.5. The predicted octanol–water partition coefficient (Wildman–Crippen LogP) is 2.90. The number of fused-ring (bicyclic) bond motifs is 1. The minimum absolute atomic E-state index is 0.167. The van der Waals surface area contributed by atoms with Gasteiger partial charge in [-0.3, -0.25) is 4.99 Å². The highest BCUT2D eigenvalue weighted by atomic mass is 16.5. The van der Waals surface area contributed by atoms with E-state index < -0.39 is 0 Å². The molecule has 1 aliphatic heterocycles. The van der Waals surface area contributed by atoms with Gasteiger partial charge in [0.1, 0.15) is 0 Å². The molecule has 1 aliphatic carbocycles. The summed E-state index contributed by atoms with van der Waals surface area (Å²) in [6.45, 7) is 4.09. The van der Waals surface area contributed by atoms with E-state index in [2.05, 4.69) is 41.3 Å². The molecule has 1 saturated carbocycles. The zero-order chi connectivity index (χ0) is 20.1. The van der Waals surface area contributed by atoms with Crippen molar-refractivity contribution in [3.63, 3.8) is 0 Å². The van der Waals surface area contributed by atoms with E-state index in [1.165, 1.54) is 12.0 Å². The van der Waals surface area contributed by atoms with Crippen LogP contribution in [0.5, 0.6) is 11.5 Å². The largest absolute Gasteiger partial charge is 0.493 e. The SMILES string of the molecule is CCCCN=C(N)NC1CCC2(c3ccc(OC)c(OC)c3)CCN(C)C2C1. The summed E-state index contributed by atoms with van der Waals surface area (Å²) in [5.74, 6) is 2.20. The predicted molar refractivity (Wildman–Crippen MR) is 114 cm³/mol. The minimum atomic E-state index is 0.167. The highest BCUT2D eigenvalue weighted by Gasteiger charge is 2.50. The fraction of sp³-hybridized carbons (Fsp3) is 0.682. The van der Waals surface area contributed by atoms with Crippen LogP contribution in [0.3, 0.4) is 0 Å². The average Bonchev–Trinajstić information content (AvgIpc) is 3.05. The van der Waals surface area contributed by atoms with E-state index in [1.54, 1.807) is 14.2 Å². The van der Waals surface area contributed by atoms with E-state index in [0.29, 0.717) is 18.0 Å². The van der Waals surface area contributed by atoms with Crippen LogP contribution < -0.4 is 20.5 Å². The number of likely N-dealkylation sites (tertiary alicyclic amines) is 1. The van der Waals surface area contributed by atoms with Crippen LogP contribution >= 0.6 is 0 Å². The van der Waals surface area contributed by atoms with E-state index in [9.17, 15) is 0 Å². The Morgan fingerprint density at radius 2 is 2.07 bits per heavy atom. The van der Waals surface area contributed by atoms with E-state index in [1.807, 2.05) is 6.07 Å². The maximum Gasteiger partial charge on any atom is 0.188 e. The van der Waals surface area contributed by atoms with E-state index in [-0.39, 0.29) is 5.41 Å². The van der Waals surface area contributed by atoms with Gasteiger partial charge in [-0.05, 0) is 63.4 Å². The number of benzene rings is 1. The molecule has 1 saturated heterocycles. The number of hydrogen-bond acceptors (Lipinski definition) is 4. The average molecular weight is 389 g/mol. The normalized spacial score (nSPS) is 28.1. The van der Waals surface area contributed by atoms with Crippen LogP contribution in [-0.4, -0.2) is 57.3 Å². The molecule has 3 rings (SSSR count). The second kappa shape index (κ2) is 9.03. The quantitative estimate of drug-likeness (QED) is 0.427. The van der Waals surface area contributed by atoms with Crippen LogP contribution in [0, 0.1) is 0 Å². The van der Waals surface area contributed by atoms with E-state index >= 15 is 0 Å². The van der Waals surface area contributed by atoms with Gasteiger partial charge in [0.05, 0.1) is 14.2 Å². The van der Waals surface area contributed by atoms with Crippen LogP contribution in [0.2, 0.25) is 0 Å². The Hall–Kier alpha value is -1.95. The van der Waals surface area contributed by atoms with Gasteiger partial charge < -0.3 is 25.4 Å². The summed E-state index contributed by atoms with van der Waals surface area (Å²) in [5.41, 5.74) is 7.66. The third kappa shape index (κ3) is 4.07. The monoisotopic (exact) mass is 388 g/mol. The van der Waals surface area contributed by atoms with Crippen LogP contribution in [0.25, 0.3) is 0 Å². The maximum absolute atomic E-state index is 6.13.